The Morgan fingerprint density at radius 1 is 1.23 bits per heavy atom. The number of carbonyl (C=O) groups is 5. The Labute approximate surface area is 207 Å². The molecule has 0 aromatic carbocycles. The minimum Gasteiger partial charge on any atom is -0.480 e. The summed E-state index contributed by atoms with van der Waals surface area (Å²) in [5.74, 6) is -2.96. The van der Waals surface area contributed by atoms with Crippen LogP contribution >= 0.6 is 11.8 Å². The average molecular weight is 512 g/mol. The second-order valence-corrected chi connectivity index (χ2v) is 9.31. The van der Waals surface area contributed by atoms with Crippen LogP contribution in [0.25, 0.3) is 0 Å². The fourth-order valence-corrected chi connectivity index (χ4v) is 4.28. The van der Waals surface area contributed by atoms with Gasteiger partial charge in [-0.1, -0.05) is 0 Å². The van der Waals surface area contributed by atoms with Gasteiger partial charge >= 0.3 is 5.97 Å². The normalized spacial score (nSPS) is 17.9. The highest BCUT2D eigenvalue weighted by Gasteiger charge is 2.38. The highest BCUT2D eigenvalue weighted by molar-refractivity contribution is 7.98. The van der Waals surface area contributed by atoms with Crippen molar-refractivity contribution in [3.63, 3.8) is 0 Å². The molecule has 0 bridgehead atoms. The van der Waals surface area contributed by atoms with Crippen molar-refractivity contribution in [2.45, 2.75) is 62.7 Å². The summed E-state index contributed by atoms with van der Waals surface area (Å²) in [5.41, 5.74) is 11.7. The van der Waals surface area contributed by atoms with Crippen LogP contribution in [-0.2, 0) is 30.4 Å². The van der Waals surface area contributed by atoms with E-state index >= 15 is 0 Å². The summed E-state index contributed by atoms with van der Waals surface area (Å²) in [6.07, 6.45) is 5.78. The zero-order chi connectivity index (χ0) is 26.0. The number of nitrogens with two attached hydrogens (primary N) is 2. The molecule has 0 radical (unpaired) electrons. The van der Waals surface area contributed by atoms with Crippen molar-refractivity contribution >= 4 is 41.4 Å². The average Bonchev–Trinajstić information content (AvgIpc) is 3.51. The number of imidazole rings is 1. The van der Waals surface area contributed by atoms with E-state index in [0.29, 0.717) is 30.7 Å². The quantitative estimate of drug-likeness (QED) is 0.168. The van der Waals surface area contributed by atoms with E-state index in [1.807, 2.05) is 6.26 Å². The topological polar surface area (TPSA) is 214 Å². The van der Waals surface area contributed by atoms with Gasteiger partial charge in [-0.3, -0.25) is 19.2 Å². The number of hydrogen-bond donors (Lipinski definition) is 6. The number of primary amides is 1. The number of nitrogens with one attached hydrogen (secondary N) is 3. The first-order valence-electron chi connectivity index (χ1n) is 11.3. The number of carbonyl (C=O) groups excluding carboxylic acids is 4. The van der Waals surface area contributed by atoms with Gasteiger partial charge in [0.15, 0.2) is 0 Å². The van der Waals surface area contributed by atoms with Crippen molar-refractivity contribution in [2.75, 3.05) is 18.6 Å². The molecule has 8 N–H and O–H groups in total. The molecule has 194 valence electrons. The van der Waals surface area contributed by atoms with Gasteiger partial charge in [-0.05, 0) is 37.7 Å². The molecule has 1 aromatic rings. The molecule has 1 aliphatic heterocycles. The third-order valence-electron chi connectivity index (χ3n) is 5.70. The Morgan fingerprint density at radius 2 is 1.94 bits per heavy atom. The largest absolute Gasteiger partial charge is 0.480 e. The molecule has 1 saturated heterocycles. The smallest absolute Gasteiger partial charge is 0.326 e. The van der Waals surface area contributed by atoms with Gasteiger partial charge in [-0.25, -0.2) is 9.78 Å². The van der Waals surface area contributed by atoms with Crippen LogP contribution in [0.15, 0.2) is 12.5 Å². The molecule has 4 unspecified atom stereocenters. The van der Waals surface area contributed by atoms with E-state index in [1.165, 1.54) is 29.2 Å². The summed E-state index contributed by atoms with van der Waals surface area (Å²) >= 11 is 1.52. The predicted octanol–water partition coefficient (Wildman–Crippen LogP) is -1.66. The van der Waals surface area contributed by atoms with Crippen molar-refractivity contribution in [3.05, 3.63) is 18.2 Å². The van der Waals surface area contributed by atoms with Gasteiger partial charge in [0.1, 0.15) is 18.1 Å². The number of aromatic nitrogens is 2. The molecule has 35 heavy (non-hydrogen) atoms. The van der Waals surface area contributed by atoms with Gasteiger partial charge in [0.05, 0.1) is 12.4 Å². The van der Waals surface area contributed by atoms with Crippen molar-refractivity contribution < 1.29 is 29.1 Å². The molecule has 0 aliphatic carbocycles. The van der Waals surface area contributed by atoms with Crippen molar-refractivity contribution in [1.29, 1.82) is 0 Å². The summed E-state index contributed by atoms with van der Waals surface area (Å²) < 4.78 is 0. The number of thioether (sulfide) groups is 1. The molecule has 1 fully saturated rings. The molecular formula is C21H33N7O6S. The maximum atomic E-state index is 13.3. The molecular weight excluding hydrogens is 478 g/mol. The lowest BCUT2D eigenvalue weighted by Crippen LogP contribution is -2.57. The van der Waals surface area contributed by atoms with Gasteiger partial charge in [-0.2, -0.15) is 11.8 Å². The third-order valence-corrected chi connectivity index (χ3v) is 6.34. The van der Waals surface area contributed by atoms with Gasteiger partial charge in [0.2, 0.25) is 23.6 Å². The first-order valence-corrected chi connectivity index (χ1v) is 12.7. The summed E-state index contributed by atoms with van der Waals surface area (Å²) in [7, 11) is 0. The standard InChI is InChI=1S/C21H33N7O6S/c1-35-8-6-13(22)18(30)26-14(4-5-17(23)29)19(31)27-15(9-12-10-24-11-25-12)20(32)28-7-2-3-16(28)21(33)34/h10-11,13-16H,2-9,22H2,1H3,(H2,23,29)(H,24,25)(H,26,30)(H,27,31)(H,33,34). The van der Waals surface area contributed by atoms with Crippen molar-refractivity contribution in [2.24, 2.45) is 11.5 Å². The van der Waals surface area contributed by atoms with Crippen LogP contribution in [0, 0.1) is 0 Å². The minimum absolute atomic E-state index is 0.0249. The molecule has 14 heteroatoms. The number of H-pyrrole nitrogens is 1. The van der Waals surface area contributed by atoms with Crippen LogP contribution in [-0.4, -0.2) is 92.3 Å². The number of aromatic amines is 1. The van der Waals surface area contributed by atoms with Gasteiger partial charge < -0.3 is 37.1 Å². The predicted molar refractivity (Wildman–Crippen MR) is 128 cm³/mol. The Kier molecular flexibility index (Phi) is 11.0. The van der Waals surface area contributed by atoms with Crippen LogP contribution in [0.2, 0.25) is 0 Å². The minimum atomic E-state index is -1.17. The van der Waals surface area contributed by atoms with Crippen LogP contribution in [0.1, 0.15) is 37.8 Å². The number of rotatable bonds is 14. The maximum absolute atomic E-state index is 13.3. The molecule has 2 heterocycles. The first kappa shape index (κ1) is 28.1. The zero-order valence-corrected chi connectivity index (χ0v) is 20.4. The lowest BCUT2D eigenvalue weighted by molar-refractivity contribution is -0.149. The van der Waals surface area contributed by atoms with E-state index in [1.54, 1.807) is 0 Å². The molecule has 2 rings (SSSR count). The SMILES string of the molecule is CSCCC(N)C(=O)NC(CCC(N)=O)C(=O)NC(Cc1cnc[nH]1)C(=O)N1CCCC1C(=O)O. The molecule has 1 aliphatic rings. The van der Waals surface area contributed by atoms with E-state index in [2.05, 4.69) is 20.6 Å². The van der Waals surface area contributed by atoms with E-state index in [0.717, 1.165) is 0 Å². The molecule has 13 nitrogen and oxygen atoms in total. The van der Waals surface area contributed by atoms with E-state index in [9.17, 15) is 29.1 Å². The van der Waals surface area contributed by atoms with Gasteiger partial charge in [0.25, 0.3) is 0 Å². The number of carboxylic acid groups (broad SMARTS) is 1. The summed E-state index contributed by atoms with van der Waals surface area (Å²) in [6.45, 7) is 0.247. The van der Waals surface area contributed by atoms with E-state index in [4.69, 9.17) is 11.5 Å². The third kappa shape index (κ3) is 8.55. The summed E-state index contributed by atoms with van der Waals surface area (Å²) in [5, 5.41) is 14.6. The van der Waals surface area contributed by atoms with Gasteiger partial charge in [-0.15, -0.1) is 0 Å². The monoisotopic (exact) mass is 511 g/mol. The number of hydrogen-bond acceptors (Lipinski definition) is 8. The number of carboxylic acids is 1. The number of likely N-dealkylation sites (tertiary alicyclic amines) is 1. The summed E-state index contributed by atoms with van der Waals surface area (Å²) in [4.78, 5) is 69.9. The Morgan fingerprint density at radius 3 is 2.54 bits per heavy atom. The number of aliphatic carboxylic acids is 1. The highest BCUT2D eigenvalue weighted by atomic mass is 32.2. The zero-order valence-electron chi connectivity index (χ0n) is 19.6. The Balaban J connectivity index is 2.20. The Bertz CT molecular complexity index is 897. The second-order valence-electron chi connectivity index (χ2n) is 8.32. The molecule has 0 spiro atoms. The molecule has 4 amide bonds. The van der Waals surface area contributed by atoms with E-state index < -0.39 is 53.8 Å². The van der Waals surface area contributed by atoms with E-state index in [-0.39, 0.29) is 25.8 Å². The fraction of sp³-hybridized carbons (Fsp3) is 0.619. The highest BCUT2D eigenvalue weighted by Crippen LogP contribution is 2.19. The van der Waals surface area contributed by atoms with Gasteiger partial charge in [0, 0.05) is 31.3 Å². The fourth-order valence-electron chi connectivity index (χ4n) is 3.79. The van der Waals surface area contributed by atoms with Crippen molar-refractivity contribution in [3.8, 4) is 0 Å². The molecule has 0 saturated carbocycles. The molecule has 1 aromatic heterocycles. The summed E-state index contributed by atoms with van der Waals surface area (Å²) in [6, 6.07) is -4.12. The second kappa shape index (κ2) is 13.7. The number of amides is 4. The van der Waals surface area contributed by atoms with Crippen LogP contribution < -0.4 is 22.1 Å². The lowest BCUT2D eigenvalue weighted by atomic mass is 10.1. The maximum Gasteiger partial charge on any atom is 0.326 e. The van der Waals surface area contributed by atoms with Crippen LogP contribution in [0.5, 0.6) is 0 Å². The van der Waals surface area contributed by atoms with Crippen LogP contribution in [0.3, 0.4) is 0 Å². The number of nitrogens with zero attached hydrogens (tertiary/aromatic N) is 2. The lowest BCUT2D eigenvalue weighted by Gasteiger charge is -2.28. The first-order chi connectivity index (χ1) is 16.6. The van der Waals surface area contributed by atoms with Crippen LogP contribution in [0.4, 0.5) is 0 Å². The Hall–Kier alpha value is -3.13. The van der Waals surface area contributed by atoms with Crippen molar-refractivity contribution in [1.82, 2.24) is 25.5 Å². The molecule has 4 atom stereocenters.